The van der Waals surface area contributed by atoms with Crippen LogP contribution in [0.3, 0.4) is 0 Å². The Hall–Kier alpha value is -0.830. The van der Waals surface area contributed by atoms with Crippen molar-refractivity contribution in [3.63, 3.8) is 0 Å². The van der Waals surface area contributed by atoms with Gasteiger partial charge in [0.2, 0.25) is 0 Å². The number of likely N-dealkylation sites (N-methyl/N-ethyl adjacent to an activating group) is 1. The summed E-state index contributed by atoms with van der Waals surface area (Å²) in [5.74, 6) is 0. The smallest absolute Gasteiger partial charge is 0.0596 e. The van der Waals surface area contributed by atoms with Gasteiger partial charge < -0.3 is 5.32 Å². The summed E-state index contributed by atoms with van der Waals surface area (Å²) < 4.78 is 2.01. The van der Waals surface area contributed by atoms with Crippen LogP contribution in [-0.2, 0) is 13.5 Å². The maximum Gasteiger partial charge on any atom is 0.0596 e. The van der Waals surface area contributed by atoms with E-state index in [-0.39, 0.29) is 0 Å². The molecule has 0 aliphatic carbocycles. The first kappa shape index (κ1) is 15.2. The zero-order chi connectivity index (χ0) is 13.8. The molecule has 18 heavy (non-hydrogen) atoms. The molecule has 104 valence electrons. The fourth-order valence-electron chi connectivity index (χ4n) is 2.28. The number of hydrogen-bond donors (Lipinski definition) is 1. The van der Waals surface area contributed by atoms with Crippen LogP contribution in [0, 0.1) is 12.3 Å². The summed E-state index contributed by atoms with van der Waals surface area (Å²) in [6.45, 7) is 12.2. The van der Waals surface area contributed by atoms with Gasteiger partial charge in [0, 0.05) is 25.2 Å². The molecule has 0 fully saturated rings. The van der Waals surface area contributed by atoms with Gasteiger partial charge in [0.25, 0.3) is 0 Å². The second-order valence-corrected chi connectivity index (χ2v) is 6.46. The molecule has 0 aromatic carbocycles. The molecule has 0 aliphatic rings. The largest absolute Gasteiger partial charge is 0.314 e. The Morgan fingerprint density at radius 2 is 2.06 bits per heavy atom. The Balaban J connectivity index is 2.59. The minimum Gasteiger partial charge on any atom is -0.314 e. The molecular formula is C15H29N3. The van der Waals surface area contributed by atoms with E-state index in [2.05, 4.69) is 51.1 Å². The van der Waals surface area contributed by atoms with Crippen LogP contribution in [-0.4, -0.2) is 22.4 Å². The fourth-order valence-corrected chi connectivity index (χ4v) is 2.28. The van der Waals surface area contributed by atoms with Gasteiger partial charge in [-0.05, 0) is 37.8 Å². The number of nitrogens with one attached hydrogen (secondary N) is 1. The van der Waals surface area contributed by atoms with E-state index in [1.165, 1.54) is 18.5 Å². The minimum atomic E-state index is 0.413. The molecule has 0 radical (unpaired) electrons. The van der Waals surface area contributed by atoms with Crippen molar-refractivity contribution in [3.05, 3.63) is 17.5 Å². The predicted octanol–water partition coefficient (Wildman–Crippen LogP) is 3.08. The Bertz CT molecular complexity index is 360. The standard InChI is InChI=1S/C15H29N3/c1-7-16-13(8-9-15(3,4)5)11-14-10-12(2)17-18(14)6/h10,13,16H,7-9,11H2,1-6H3. The van der Waals surface area contributed by atoms with E-state index in [1.807, 2.05) is 11.7 Å². The first-order chi connectivity index (χ1) is 8.31. The summed E-state index contributed by atoms with van der Waals surface area (Å²) in [4.78, 5) is 0. The van der Waals surface area contributed by atoms with Gasteiger partial charge in [-0.3, -0.25) is 4.68 Å². The zero-order valence-corrected chi connectivity index (χ0v) is 12.9. The molecule has 0 amide bonds. The molecule has 1 N–H and O–H groups in total. The average molecular weight is 251 g/mol. The molecule has 3 nitrogen and oxygen atoms in total. The average Bonchev–Trinajstić information content (AvgIpc) is 2.53. The van der Waals surface area contributed by atoms with Crippen LogP contribution >= 0.6 is 0 Å². The summed E-state index contributed by atoms with van der Waals surface area (Å²) >= 11 is 0. The molecule has 1 unspecified atom stereocenters. The second-order valence-electron chi connectivity index (χ2n) is 6.46. The molecule has 1 atom stereocenters. The lowest BCUT2D eigenvalue weighted by molar-refractivity contribution is 0.328. The number of aryl methyl sites for hydroxylation is 2. The number of nitrogens with zero attached hydrogens (tertiary/aromatic N) is 2. The maximum absolute atomic E-state index is 4.42. The van der Waals surface area contributed by atoms with Gasteiger partial charge in [0.05, 0.1) is 5.69 Å². The molecule has 0 aliphatic heterocycles. The molecule has 0 saturated carbocycles. The highest BCUT2D eigenvalue weighted by molar-refractivity contribution is 5.10. The van der Waals surface area contributed by atoms with Gasteiger partial charge >= 0.3 is 0 Å². The predicted molar refractivity (Wildman–Crippen MR) is 77.8 cm³/mol. The van der Waals surface area contributed by atoms with Gasteiger partial charge in [-0.2, -0.15) is 5.10 Å². The molecular weight excluding hydrogens is 222 g/mol. The highest BCUT2D eigenvalue weighted by atomic mass is 15.3. The van der Waals surface area contributed by atoms with Crippen LogP contribution in [0.15, 0.2) is 6.07 Å². The van der Waals surface area contributed by atoms with Crippen molar-refractivity contribution in [1.82, 2.24) is 15.1 Å². The molecule has 0 spiro atoms. The van der Waals surface area contributed by atoms with E-state index in [0.717, 1.165) is 18.7 Å². The number of aromatic nitrogens is 2. The Labute approximate surface area is 112 Å². The molecule has 1 aromatic heterocycles. The first-order valence-corrected chi connectivity index (χ1v) is 7.04. The summed E-state index contributed by atoms with van der Waals surface area (Å²) in [7, 11) is 2.04. The SMILES string of the molecule is CCNC(CCC(C)(C)C)Cc1cc(C)nn1C. The van der Waals surface area contributed by atoms with Crippen molar-refractivity contribution >= 4 is 0 Å². The van der Waals surface area contributed by atoms with Crippen molar-refractivity contribution < 1.29 is 0 Å². The summed E-state index contributed by atoms with van der Waals surface area (Å²) in [5.41, 5.74) is 2.85. The van der Waals surface area contributed by atoms with E-state index in [0.29, 0.717) is 11.5 Å². The third kappa shape index (κ3) is 5.21. The highest BCUT2D eigenvalue weighted by Crippen LogP contribution is 2.22. The van der Waals surface area contributed by atoms with E-state index in [4.69, 9.17) is 0 Å². The Morgan fingerprint density at radius 3 is 2.50 bits per heavy atom. The van der Waals surface area contributed by atoms with Crippen LogP contribution in [0.5, 0.6) is 0 Å². The molecule has 1 heterocycles. The van der Waals surface area contributed by atoms with Crippen molar-refractivity contribution in [2.24, 2.45) is 12.5 Å². The van der Waals surface area contributed by atoms with E-state index in [9.17, 15) is 0 Å². The molecule has 0 saturated heterocycles. The lowest BCUT2D eigenvalue weighted by atomic mass is 9.88. The summed E-state index contributed by atoms with van der Waals surface area (Å²) in [5, 5.41) is 8.02. The lowest BCUT2D eigenvalue weighted by Crippen LogP contribution is -2.32. The van der Waals surface area contributed by atoms with Gasteiger partial charge in [-0.1, -0.05) is 27.7 Å². The quantitative estimate of drug-likeness (QED) is 0.842. The summed E-state index contributed by atoms with van der Waals surface area (Å²) in [6, 6.07) is 2.76. The zero-order valence-electron chi connectivity index (χ0n) is 12.9. The van der Waals surface area contributed by atoms with Crippen LogP contribution < -0.4 is 5.32 Å². The van der Waals surface area contributed by atoms with Crippen LogP contribution in [0.1, 0.15) is 51.9 Å². The fraction of sp³-hybridized carbons (Fsp3) is 0.800. The van der Waals surface area contributed by atoms with Crippen molar-refractivity contribution in [2.75, 3.05) is 6.54 Å². The van der Waals surface area contributed by atoms with E-state index >= 15 is 0 Å². The molecule has 1 aromatic rings. The number of hydrogen-bond acceptors (Lipinski definition) is 2. The maximum atomic E-state index is 4.42. The topological polar surface area (TPSA) is 29.9 Å². The van der Waals surface area contributed by atoms with Crippen LogP contribution in [0.4, 0.5) is 0 Å². The minimum absolute atomic E-state index is 0.413. The van der Waals surface area contributed by atoms with E-state index < -0.39 is 0 Å². The second kappa shape index (κ2) is 6.37. The lowest BCUT2D eigenvalue weighted by Gasteiger charge is -2.23. The van der Waals surface area contributed by atoms with Gasteiger partial charge in [-0.15, -0.1) is 0 Å². The van der Waals surface area contributed by atoms with Gasteiger partial charge in [0.1, 0.15) is 0 Å². The van der Waals surface area contributed by atoms with E-state index in [1.54, 1.807) is 0 Å². The Kier molecular flexibility index (Phi) is 5.39. The van der Waals surface area contributed by atoms with Crippen LogP contribution in [0.25, 0.3) is 0 Å². The monoisotopic (exact) mass is 251 g/mol. The highest BCUT2D eigenvalue weighted by Gasteiger charge is 2.16. The third-order valence-electron chi connectivity index (χ3n) is 3.29. The molecule has 0 bridgehead atoms. The van der Waals surface area contributed by atoms with Crippen LogP contribution in [0.2, 0.25) is 0 Å². The van der Waals surface area contributed by atoms with Gasteiger partial charge in [-0.25, -0.2) is 0 Å². The number of rotatable bonds is 6. The van der Waals surface area contributed by atoms with Gasteiger partial charge in [0.15, 0.2) is 0 Å². The molecule has 3 heteroatoms. The first-order valence-electron chi connectivity index (χ1n) is 7.04. The van der Waals surface area contributed by atoms with Crippen molar-refractivity contribution in [2.45, 2.75) is 59.9 Å². The third-order valence-corrected chi connectivity index (χ3v) is 3.29. The molecule has 1 rings (SSSR count). The Morgan fingerprint density at radius 1 is 1.39 bits per heavy atom. The van der Waals surface area contributed by atoms with Crippen molar-refractivity contribution in [1.29, 1.82) is 0 Å². The van der Waals surface area contributed by atoms with Crippen molar-refractivity contribution in [3.8, 4) is 0 Å². The normalized spacial score (nSPS) is 13.9. The summed E-state index contributed by atoms with van der Waals surface area (Å²) in [6.07, 6.45) is 3.55.